The molecule has 0 aromatic carbocycles. The number of guanidine groups is 1. The molecule has 2 unspecified atom stereocenters. The Hall–Kier alpha value is -1.85. The molecular formula is C14H21N5O. The molecule has 2 saturated carbocycles. The van der Waals surface area contributed by atoms with Crippen LogP contribution in [0.3, 0.4) is 0 Å². The van der Waals surface area contributed by atoms with Gasteiger partial charge in [-0.15, -0.1) is 6.58 Å². The van der Waals surface area contributed by atoms with Gasteiger partial charge in [0.2, 0.25) is 5.89 Å². The first-order chi connectivity index (χ1) is 9.76. The van der Waals surface area contributed by atoms with E-state index < -0.39 is 0 Å². The number of aromatic nitrogens is 2. The van der Waals surface area contributed by atoms with E-state index in [0.29, 0.717) is 30.9 Å². The summed E-state index contributed by atoms with van der Waals surface area (Å²) in [5.74, 6) is 3.43. The second kappa shape index (κ2) is 5.64. The monoisotopic (exact) mass is 275 g/mol. The Kier molecular flexibility index (Phi) is 3.71. The minimum Gasteiger partial charge on any atom is -0.353 e. The molecule has 20 heavy (non-hydrogen) atoms. The van der Waals surface area contributed by atoms with Gasteiger partial charge in [-0.25, -0.2) is 4.99 Å². The van der Waals surface area contributed by atoms with Crippen LogP contribution in [0.4, 0.5) is 0 Å². The highest BCUT2D eigenvalue weighted by Gasteiger charge is 2.33. The van der Waals surface area contributed by atoms with Crippen molar-refractivity contribution in [3.05, 3.63) is 24.4 Å². The molecule has 6 nitrogen and oxygen atoms in total. The first-order valence-corrected chi connectivity index (χ1v) is 7.24. The van der Waals surface area contributed by atoms with Gasteiger partial charge in [0.15, 0.2) is 11.8 Å². The molecule has 1 aromatic rings. The zero-order chi connectivity index (χ0) is 13.9. The Morgan fingerprint density at radius 3 is 3.00 bits per heavy atom. The lowest BCUT2D eigenvalue weighted by molar-refractivity contribution is 0.374. The van der Waals surface area contributed by atoms with Gasteiger partial charge in [0.05, 0.1) is 0 Å². The van der Waals surface area contributed by atoms with Crippen molar-refractivity contribution in [2.45, 2.75) is 44.7 Å². The van der Waals surface area contributed by atoms with Gasteiger partial charge in [-0.1, -0.05) is 18.2 Å². The molecule has 108 valence electrons. The molecular weight excluding hydrogens is 254 g/mol. The van der Waals surface area contributed by atoms with Crippen molar-refractivity contribution in [1.82, 2.24) is 20.8 Å². The van der Waals surface area contributed by atoms with Crippen molar-refractivity contribution >= 4 is 5.96 Å². The lowest BCUT2D eigenvalue weighted by Crippen LogP contribution is -2.39. The van der Waals surface area contributed by atoms with E-state index in [4.69, 9.17) is 4.52 Å². The quantitative estimate of drug-likeness (QED) is 0.468. The van der Waals surface area contributed by atoms with Crippen LogP contribution in [0.5, 0.6) is 0 Å². The third-order valence-corrected chi connectivity index (χ3v) is 3.64. The number of nitrogens with one attached hydrogen (secondary N) is 2. The summed E-state index contributed by atoms with van der Waals surface area (Å²) >= 11 is 0. The van der Waals surface area contributed by atoms with E-state index in [9.17, 15) is 0 Å². The molecule has 1 aromatic heterocycles. The Balaban J connectivity index is 1.57. The normalized spacial score (nSPS) is 25.4. The predicted molar refractivity (Wildman–Crippen MR) is 76.3 cm³/mol. The smallest absolute Gasteiger partial charge is 0.248 e. The molecule has 2 aliphatic carbocycles. The van der Waals surface area contributed by atoms with Gasteiger partial charge in [-0.3, -0.25) is 0 Å². The van der Waals surface area contributed by atoms with Crippen LogP contribution in [-0.4, -0.2) is 28.7 Å². The summed E-state index contributed by atoms with van der Waals surface area (Å²) in [4.78, 5) is 8.86. The number of nitrogens with zero attached hydrogens (tertiary/aromatic N) is 3. The predicted octanol–water partition coefficient (Wildman–Crippen LogP) is 1.58. The lowest BCUT2D eigenvalue weighted by atomic mass is 10.4. The van der Waals surface area contributed by atoms with Crippen LogP contribution >= 0.6 is 0 Å². The largest absolute Gasteiger partial charge is 0.353 e. The summed E-state index contributed by atoms with van der Waals surface area (Å²) in [5.41, 5.74) is 0. The van der Waals surface area contributed by atoms with E-state index in [-0.39, 0.29) is 0 Å². The van der Waals surface area contributed by atoms with Crippen molar-refractivity contribution < 1.29 is 4.52 Å². The third-order valence-electron chi connectivity index (χ3n) is 3.64. The van der Waals surface area contributed by atoms with Crippen LogP contribution in [0.2, 0.25) is 0 Å². The lowest BCUT2D eigenvalue weighted by Gasteiger charge is -2.10. The van der Waals surface area contributed by atoms with Crippen molar-refractivity contribution in [1.29, 1.82) is 0 Å². The summed E-state index contributed by atoms with van der Waals surface area (Å²) in [6.45, 7) is 7.02. The van der Waals surface area contributed by atoms with Gasteiger partial charge in [-0.05, 0) is 25.2 Å². The Morgan fingerprint density at radius 2 is 2.35 bits per heavy atom. The molecule has 1 heterocycles. The molecule has 2 atom stereocenters. The van der Waals surface area contributed by atoms with Crippen LogP contribution in [0.1, 0.15) is 43.8 Å². The van der Waals surface area contributed by atoms with Crippen molar-refractivity contribution in [3.8, 4) is 0 Å². The zero-order valence-corrected chi connectivity index (χ0v) is 11.8. The van der Waals surface area contributed by atoms with Crippen molar-refractivity contribution in [3.63, 3.8) is 0 Å². The van der Waals surface area contributed by atoms with Gasteiger partial charge < -0.3 is 15.2 Å². The molecule has 2 aliphatic rings. The molecule has 0 aliphatic heterocycles. The summed E-state index contributed by atoms with van der Waals surface area (Å²) in [6.07, 6.45) is 5.36. The van der Waals surface area contributed by atoms with Crippen molar-refractivity contribution in [2.75, 3.05) is 6.54 Å². The van der Waals surface area contributed by atoms with E-state index in [1.165, 1.54) is 19.3 Å². The summed E-state index contributed by atoms with van der Waals surface area (Å²) in [5, 5.41) is 10.6. The van der Waals surface area contributed by atoms with Gasteiger partial charge in [0.1, 0.15) is 6.54 Å². The summed E-state index contributed by atoms with van der Waals surface area (Å²) in [7, 11) is 0. The minimum absolute atomic E-state index is 0.410. The fraction of sp³-hybridized carbons (Fsp3) is 0.643. The van der Waals surface area contributed by atoms with E-state index in [1.807, 2.05) is 6.08 Å². The van der Waals surface area contributed by atoms with E-state index in [1.54, 1.807) is 0 Å². The molecule has 2 fully saturated rings. The molecule has 3 rings (SSSR count). The van der Waals surface area contributed by atoms with Gasteiger partial charge in [0.25, 0.3) is 0 Å². The van der Waals surface area contributed by atoms with E-state index in [2.05, 4.69) is 39.3 Å². The topological polar surface area (TPSA) is 75.3 Å². The molecule has 0 radical (unpaired) electrons. The van der Waals surface area contributed by atoms with Gasteiger partial charge in [-0.2, -0.15) is 4.98 Å². The second-order valence-corrected chi connectivity index (χ2v) is 5.62. The highest BCUT2D eigenvalue weighted by Crippen LogP contribution is 2.38. The van der Waals surface area contributed by atoms with Gasteiger partial charge >= 0.3 is 0 Å². The maximum absolute atomic E-state index is 5.22. The van der Waals surface area contributed by atoms with E-state index >= 15 is 0 Å². The van der Waals surface area contributed by atoms with E-state index in [0.717, 1.165) is 17.7 Å². The van der Waals surface area contributed by atoms with Crippen LogP contribution in [0.25, 0.3) is 0 Å². The number of hydrogen-bond donors (Lipinski definition) is 2. The molecule has 0 saturated heterocycles. The zero-order valence-electron chi connectivity index (χ0n) is 11.8. The fourth-order valence-corrected chi connectivity index (χ4v) is 2.01. The van der Waals surface area contributed by atoms with Crippen LogP contribution < -0.4 is 10.6 Å². The molecule has 0 bridgehead atoms. The molecule has 6 heteroatoms. The Bertz CT molecular complexity index is 505. The minimum atomic E-state index is 0.410. The van der Waals surface area contributed by atoms with Crippen molar-refractivity contribution in [2.24, 2.45) is 10.9 Å². The van der Waals surface area contributed by atoms with Crippen LogP contribution in [0, 0.1) is 5.92 Å². The van der Waals surface area contributed by atoms with Crippen LogP contribution in [0.15, 0.2) is 22.2 Å². The molecule has 2 N–H and O–H groups in total. The molecule has 0 amide bonds. The highest BCUT2D eigenvalue weighted by molar-refractivity contribution is 5.80. The average molecular weight is 275 g/mol. The highest BCUT2D eigenvalue weighted by atomic mass is 16.5. The standard InChI is InChI=1S/C14H21N5O/c1-3-6-15-14(17-11-7-9(11)2)16-8-12-18-13(19-20-12)10-4-5-10/h3,9-11H,1,4-8H2,2H3,(H2,15,16,17). The SMILES string of the molecule is C=CCNC(=NCc1nc(C2CC2)no1)NC1CC1C. The number of aliphatic imine (C=N–C) groups is 1. The Morgan fingerprint density at radius 1 is 1.55 bits per heavy atom. The summed E-state index contributed by atoms with van der Waals surface area (Å²) < 4.78 is 5.22. The third kappa shape index (κ3) is 3.37. The Labute approximate surface area is 118 Å². The summed E-state index contributed by atoms with van der Waals surface area (Å²) in [6, 6.07) is 0.524. The second-order valence-electron chi connectivity index (χ2n) is 5.62. The molecule has 0 spiro atoms. The van der Waals surface area contributed by atoms with Crippen LogP contribution in [-0.2, 0) is 6.54 Å². The van der Waals surface area contributed by atoms with Gasteiger partial charge in [0, 0.05) is 18.5 Å². The average Bonchev–Trinajstić information content (AvgIpc) is 3.36. The number of rotatable bonds is 6. The number of hydrogen-bond acceptors (Lipinski definition) is 4. The first kappa shape index (κ1) is 13.1. The fourth-order valence-electron chi connectivity index (χ4n) is 2.01. The first-order valence-electron chi connectivity index (χ1n) is 7.24. The maximum atomic E-state index is 5.22. The maximum Gasteiger partial charge on any atom is 0.248 e.